The number of likely N-dealkylation sites (tertiary alicyclic amines) is 1. The van der Waals surface area contributed by atoms with Crippen LogP contribution in [-0.4, -0.2) is 45.0 Å². The van der Waals surface area contributed by atoms with E-state index in [0.717, 1.165) is 28.7 Å². The van der Waals surface area contributed by atoms with Crippen molar-refractivity contribution in [3.63, 3.8) is 0 Å². The number of hydrogen-bond donors (Lipinski definition) is 1. The number of aromatic nitrogens is 3. The summed E-state index contributed by atoms with van der Waals surface area (Å²) in [6, 6.07) is 10.0. The van der Waals surface area contributed by atoms with Crippen molar-refractivity contribution in [2.75, 3.05) is 13.1 Å². The van der Waals surface area contributed by atoms with Gasteiger partial charge in [0.15, 0.2) is 0 Å². The molecule has 1 aliphatic heterocycles. The van der Waals surface area contributed by atoms with Crippen molar-refractivity contribution in [2.24, 2.45) is 0 Å². The molecule has 1 aromatic carbocycles. The van der Waals surface area contributed by atoms with Crippen LogP contribution >= 0.6 is 0 Å². The van der Waals surface area contributed by atoms with Gasteiger partial charge < -0.3 is 14.6 Å². The zero-order valence-electron chi connectivity index (χ0n) is 14.3. The summed E-state index contributed by atoms with van der Waals surface area (Å²) < 4.78 is 5.89. The lowest BCUT2D eigenvalue weighted by Crippen LogP contribution is -2.31. The van der Waals surface area contributed by atoms with Crippen LogP contribution in [0.4, 0.5) is 0 Å². The Morgan fingerprint density at radius 2 is 2.00 bits per heavy atom. The molecule has 0 aliphatic carbocycles. The summed E-state index contributed by atoms with van der Waals surface area (Å²) in [5.41, 5.74) is 3.50. The zero-order chi connectivity index (χ0) is 17.4. The van der Waals surface area contributed by atoms with Gasteiger partial charge in [0.1, 0.15) is 6.10 Å². The second kappa shape index (κ2) is 6.20. The van der Waals surface area contributed by atoms with Crippen LogP contribution in [0.2, 0.25) is 0 Å². The topological polar surface area (TPSA) is 71.1 Å². The van der Waals surface area contributed by atoms with Crippen molar-refractivity contribution in [3.05, 3.63) is 53.5 Å². The molecule has 3 heterocycles. The first-order valence-corrected chi connectivity index (χ1v) is 8.44. The Hall–Kier alpha value is -2.89. The van der Waals surface area contributed by atoms with Crippen molar-refractivity contribution >= 4 is 16.8 Å². The second-order valence-electron chi connectivity index (χ2n) is 6.49. The summed E-state index contributed by atoms with van der Waals surface area (Å²) >= 11 is 0. The van der Waals surface area contributed by atoms with E-state index in [4.69, 9.17) is 4.74 Å². The number of benzene rings is 1. The van der Waals surface area contributed by atoms with Crippen LogP contribution in [0.1, 0.15) is 28.2 Å². The SMILES string of the molecule is Cc1cc(C)nc(O[C@@H]2CCN(C(=O)c3ccc4[nH]ccc4c3)C2)n1. The molecule has 1 atom stereocenters. The highest BCUT2D eigenvalue weighted by molar-refractivity contribution is 5.98. The first kappa shape index (κ1) is 15.6. The minimum Gasteiger partial charge on any atom is -0.458 e. The number of ether oxygens (including phenoxy) is 1. The van der Waals surface area contributed by atoms with Gasteiger partial charge in [0.25, 0.3) is 5.91 Å². The van der Waals surface area contributed by atoms with E-state index in [2.05, 4.69) is 15.0 Å². The fourth-order valence-corrected chi connectivity index (χ4v) is 3.27. The summed E-state index contributed by atoms with van der Waals surface area (Å²) in [6.45, 7) is 5.08. The lowest BCUT2D eigenvalue weighted by atomic mass is 10.1. The van der Waals surface area contributed by atoms with Gasteiger partial charge in [-0.2, -0.15) is 0 Å². The predicted molar refractivity (Wildman–Crippen MR) is 94.7 cm³/mol. The van der Waals surface area contributed by atoms with Crippen molar-refractivity contribution in [2.45, 2.75) is 26.4 Å². The average molecular weight is 336 g/mol. The van der Waals surface area contributed by atoms with Gasteiger partial charge in [-0.1, -0.05) is 0 Å². The Kier molecular flexibility index (Phi) is 3.87. The molecule has 0 radical (unpaired) electrons. The van der Waals surface area contributed by atoms with E-state index < -0.39 is 0 Å². The maximum atomic E-state index is 12.7. The van der Waals surface area contributed by atoms with E-state index >= 15 is 0 Å². The molecule has 1 amide bonds. The van der Waals surface area contributed by atoms with E-state index in [1.165, 1.54) is 0 Å². The van der Waals surface area contributed by atoms with Crippen molar-refractivity contribution < 1.29 is 9.53 Å². The molecule has 6 heteroatoms. The maximum absolute atomic E-state index is 12.7. The average Bonchev–Trinajstić information content (AvgIpc) is 3.21. The maximum Gasteiger partial charge on any atom is 0.317 e. The van der Waals surface area contributed by atoms with Crippen LogP contribution in [-0.2, 0) is 0 Å². The molecule has 0 saturated carbocycles. The molecule has 6 nitrogen and oxygen atoms in total. The molecule has 0 bridgehead atoms. The van der Waals surface area contributed by atoms with Crippen LogP contribution < -0.4 is 4.74 Å². The number of nitrogens with zero attached hydrogens (tertiary/aromatic N) is 3. The number of amides is 1. The van der Waals surface area contributed by atoms with E-state index in [1.54, 1.807) is 0 Å². The Bertz CT molecular complexity index is 914. The number of fused-ring (bicyclic) bond motifs is 1. The third kappa shape index (κ3) is 3.20. The number of aryl methyl sites for hydroxylation is 2. The predicted octanol–water partition coefficient (Wildman–Crippen LogP) is 2.87. The Morgan fingerprint density at radius 3 is 2.80 bits per heavy atom. The molecular weight excluding hydrogens is 316 g/mol. The molecule has 2 aromatic heterocycles. The fourth-order valence-electron chi connectivity index (χ4n) is 3.27. The van der Waals surface area contributed by atoms with Crippen LogP contribution in [0, 0.1) is 13.8 Å². The minimum absolute atomic E-state index is 0.0375. The molecule has 1 saturated heterocycles. The third-order valence-electron chi connectivity index (χ3n) is 4.47. The van der Waals surface area contributed by atoms with Gasteiger partial charge in [-0.15, -0.1) is 0 Å². The molecule has 25 heavy (non-hydrogen) atoms. The van der Waals surface area contributed by atoms with Gasteiger partial charge in [0.2, 0.25) is 0 Å². The highest BCUT2D eigenvalue weighted by Crippen LogP contribution is 2.20. The van der Waals surface area contributed by atoms with E-state index in [-0.39, 0.29) is 12.0 Å². The van der Waals surface area contributed by atoms with E-state index in [9.17, 15) is 4.79 Å². The largest absolute Gasteiger partial charge is 0.458 e. The molecule has 1 fully saturated rings. The lowest BCUT2D eigenvalue weighted by molar-refractivity contribution is 0.0769. The number of rotatable bonds is 3. The number of aromatic amines is 1. The Labute approximate surface area is 145 Å². The van der Waals surface area contributed by atoms with Gasteiger partial charge in [0.05, 0.1) is 6.54 Å². The first-order chi connectivity index (χ1) is 12.1. The number of H-pyrrole nitrogens is 1. The van der Waals surface area contributed by atoms with E-state index in [0.29, 0.717) is 24.7 Å². The highest BCUT2D eigenvalue weighted by atomic mass is 16.5. The van der Waals surface area contributed by atoms with Crippen LogP contribution in [0.3, 0.4) is 0 Å². The van der Waals surface area contributed by atoms with Gasteiger partial charge in [-0.3, -0.25) is 4.79 Å². The summed E-state index contributed by atoms with van der Waals surface area (Å²) in [5.74, 6) is 0.0375. The molecule has 1 N–H and O–H groups in total. The Morgan fingerprint density at radius 1 is 1.20 bits per heavy atom. The zero-order valence-corrected chi connectivity index (χ0v) is 14.3. The molecule has 128 valence electrons. The summed E-state index contributed by atoms with van der Waals surface area (Å²) in [6.07, 6.45) is 2.60. The smallest absolute Gasteiger partial charge is 0.317 e. The monoisotopic (exact) mass is 336 g/mol. The number of carbonyl (C=O) groups is 1. The van der Waals surface area contributed by atoms with Crippen LogP contribution in [0.5, 0.6) is 6.01 Å². The highest BCUT2D eigenvalue weighted by Gasteiger charge is 2.29. The normalized spacial score (nSPS) is 17.2. The molecule has 1 aliphatic rings. The number of carbonyl (C=O) groups excluding carboxylic acids is 1. The van der Waals surface area contributed by atoms with Gasteiger partial charge in [-0.05, 0) is 44.2 Å². The molecule has 0 spiro atoms. The van der Waals surface area contributed by atoms with Crippen molar-refractivity contribution in [1.29, 1.82) is 0 Å². The van der Waals surface area contributed by atoms with Crippen molar-refractivity contribution in [3.8, 4) is 6.01 Å². The minimum atomic E-state index is -0.0684. The first-order valence-electron chi connectivity index (χ1n) is 8.44. The lowest BCUT2D eigenvalue weighted by Gasteiger charge is -2.17. The van der Waals surface area contributed by atoms with Crippen LogP contribution in [0.25, 0.3) is 10.9 Å². The van der Waals surface area contributed by atoms with Crippen LogP contribution in [0.15, 0.2) is 36.5 Å². The standard InChI is InChI=1S/C19H20N4O2/c1-12-9-13(2)22-19(21-12)25-16-6-8-23(11-16)18(24)15-3-4-17-14(10-15)5-7-20-17/h3-5,7,9-10,16,20H,6,8,11H2,1-2H3/t16-/m1/s1. The molecular formula is C19H20N4O2. The molecule has 0 unspecified atom stereocenters. The fraction of sp³-hybridized carbons (Fsp3) is 0.316. The van der Waals surface area contributed by atoms with Gasteiger partial charge >= 0.3 is 6.01 Å². The number of hydrogen-bond acceptors (Lipinski definition) is 4. The molecule has 3 aromatic rings. The summed E-state index contributed by atoms with van der Waals surface area (Å²) in [4.78, 5) is 26.3. The van der Waals surface area contributed by atoms with Gasteiger partial charge in [-0.25, -0.2) is 9.97 Å². The third-order valence-corrected chi connectivity index (χ3v) is 4.47. The Balaban J connectivity index is 1.45. The van der Waals surface area contributed by atoms with Gasteiger partial charge in [0, 0.05) is 47.0 Å². The molecule has 4 rings (SSSR count). The van der Waals surface area contributed by atoms with Crippen molar-refractivity contribution in [1.82, 2.24) is 19.9 Å². The summed E-state index contributed by atoms with van der Waals surface area (Å²) in [5, 5.41) is 1.04. The summed E-state index contributed by atoms with van der Waals surface area (Å²) in [7, 11) is 0. The quantitative estimate of drug-likeness (QED) is 0.798. The second-order valence-corrected chi connectivity index (χ2v) is 6.49. The number of nitrogens with one attached hydrogen (secondary N) is 1. The van der Waals surface area contributed by atoms with E-state index in [1.807, 2.05) is 55.3 Å².